The van der Waals surface area contributed by atoms with Gasteiger partial charge in [-0.3, -0.25) is 4.79 Å². The quantitative estimate of drug-likeness (QED) is 0.733. The average Bonchev–Trinajstić information content (AvgIpc) is 2.48. The van der Waals surface area contributed by atoms with Crippen molar-refractivity contribution >= 4 is 5.91 Å². The van der Waals surface area contributed by atoms with Gasteiger partial charge in [0, 0.05) is 18.2 Å². The van der Waals surface area contributed by atoms with Crippen LogP contribution in [0.2, 0.25) is 0 Å². The van der Waals surface area contributed by atoms with Gasteiger partial charge in [0.2, 0.25) is 0 Å². The van der Waals surface area contributed by atoms with Crippen LogP contribution in [0.4, 0.5) is 0 Å². The maximum absolute atomic E-state index is 12.6. The number of piperidine rings is 1. The fourth-order valence-electron chi connectivity index (χ4n) is 2.63. The Hall–Kier alpha value is -1.75. The van der Waals surface area contributed by atoms with E-state index in [4.69, 9.17) is 0 Å². The smallest absolute Gasteiger partial charge is 0.254 e. The number of nitrogens with one attached hydrogen (secondary N) is 1. The number of nitrogens with zero attached hydrogens (tertiary/aromatic N) is 1. The summed E-state index contributed by atoms with van der Waals surface area (Å²) in [5.74, 6) is -0.530. The number of benzene rings is 1. The Bertz CT molecular complexity index is 470. The van der Waals surface area contributed by atoms with Crippen molar-refractivity contribution in [3.05, 3.63) is 23.8 Å². The summed E-state index contributed by atoms with van der Waals surface area (Å²) in [4.78, 5) is 14.5. The number of amides is 1. The van der Waals surface area contributed by atoms with Gasteiger partial charge in [0.05, 0.1) is 0 Å². The molecule has 1 heterocycles. The zero-order valence-corrected chi connectivity index (χ0v) is 11.8. The zero-order valence-electron chi connectivity index (χ0n) is 11.8. The molecule has 20 heavy (non-hydrogen) atoms. The summed E-state index contributed by atoms with van der Waals surface area (Å²) in [7, 11) is 0. The van der Waals surface area contributed by atoms with Gasteiger partial charge in [-0.05, 0) is 50.6 Å². The van der Waals surface area contributed by atoms with Crippen molar-refractivity contribution in [2.75, 3.05) is 19.6 Å². The molecule has 110 valence electrons. The highest BCUT2D eigenvalue weighted by atomic mass is 16.3. The third-order valence-electron chi connectivity index (χ3n) is 3.70. The van der Waals surface area contributed by atoms with Gasteiger partial charge in [-0.15, -0.1) is 0 Å². The molecule has 0 bridgehead atoms. The number of hydrogen-bond acceptors (Lipinski definition) is 4. The van der Waals surface area contributed by atoms with E-state index in [1.165, 1.54) is 12.1 Å². The van der Waals surface area contributed by atoms with Crippen molar-refractivity contribution in [2.24, 2.45) is 0 Å². The molecule has 0 radical (unpaired) electrons. The molecular weight excluding hydrogens is 256 g/mol. The molecule has 0 spiro atoms. The molecule has 5 nitrogen and oxygen atoms in total. The van der Waals surface area contributed by atoms with Crippen LogP contribution in [0.25, 0.3) is 0 Å². The lowest BCUT2D eigenvalue weighted by Gasteiger charge is -2.34. The van der Waals surface area contributed by atoms with Gasteiger partial charge in [0.25, 0.3) is 5.91 Å². The molecule has 0 atom stereocenters. The second kappa shape index (κ2) is 6.61. The molecule has 1 aliphatic heterocycles. The SMILES string of the molecule is CCCN(C(=O)c1ccc(O)c(O)c1)C1CCNCC1. The Morgan fingerprint density at radius 1 is 1.30 bits per heavy atom. The van der Waals surface area contributed by atoms with Crippen molar-refractivity contribution in [1.29, 1.82) is 0 Å². The van der Waals surface area contributed by atoms with Crippen molar-refractivity contribution in [3.63, 3.8) is 0 Å². The summed E-state index contributed by atoms with van der Waals surface area (Å²) in [6, 6.07) is 4.50. The molecular formula is C15H22N2O3. The Morgan fingerprint density at radius 2 is 2.00 bits per heavy atom. The van der Waals surface area contributed by atoms with Crippen molar-refractivity contribution < 1.29 is 15.0 Å². The minimum atomic E-state index is -0.252. The van der Waals surface area contributed by atoms with E-state index in [1.54, 1.807) is 6.07 Å². The van der Waals surface area contributed by atoms with Crippen LogP contribution in [-0.4, -0.2) is 46.7 Å². The summed E-state index contributed by atoms with van der Waals surface area (Å²) in [5, 5.41) is 22.2. The first-order chi connectivity index (χ1) is 9.63. The lowest BCUT2D eigenvalue weighted by atomic mass is 10.0. The van der Waals surface area contributed by atoms with Crippen LogP contribution in [-0.2, 0) is 0 Å². The fraction of sp³-hybridized carbons (Fsp3) is 0.533. The maximum atomic E-state index is 12.6. The van der Waals surface area contributed by atoms with E-state index in [9.17, 15) is 15.0 Å². The van der Waals surface area contributed by atoms with Crippen LogP contribution in [0.1, 0.15) is 36.5 Å². The monoisotopic (exact) mass is 278 g/mol. The number of hydrogen-bond donors (Lipinski definition) is 3. The molecule has 0 unspecified atom stereocenters. The average molecular weight is 278 g/mol. The van der Waals surface area contributed by atoms with Gasteiger partial charge in [-0.25, -0.2) is 0 Å². The zero-order chi connectivity index (χ0) is 14.5. The molecule has 0 aromatic heterocycles. The number of phenolic OH excluding ortho intramolecular Hbond substituents is 2. The molecule has 1 fully saturated rings. The van der Waals surface area contributed by atoms with Crippen LogP contribution in [0.15, 0.2) is 18.2 Å². The largest absolute Gasteiger partial charge is 0.504 e. The Kier molecular flexibility index (Phi) is 4.84. The van der Waals surface area contributed by atoms with E-state index in [-0.39, 0.29) is 23.4 Å². The summed E-state index contributed by atoms with van der Waals surface area (Å²) in [5.41, 5.74) is 0.423. The first-order valence-electron chi connectivity index (χ1n) is 7.17. The maximum Gasteiger partial charge on any atom is 0.254 e. The predicted molar refractivity (Wildman–Crippen MR) is 77.0 cm³/mol. The Labute approximate surface area is 119 Å². The first kappa shape index (κ1) is 14.7. The van der Waals surface area contributed by atoms with Crippen LogP contribution in [0.3, 0.4) is 0 Å². The molecule has 3 N–H and O–H groups in total. The summed E-state index contributed by atoms with van der Waals surface area (Å²) in [6.07, 6.45) is 2.81. The number of aromatic hydroxyl groups is 2. The number of carbonyl (C=O) groups is 1. The van der Waals surface area contributed by atoms with E-state index in [1.807, 2.05) is 4.90 Å². The van der Waals surface area contributed by atoms with Crippen molar-refractivity contribution in [2.45, 2.75) is 32.2 Å². The van der Waals surface area contributed by atoms with Crippen LogP contribution in [0.5, 0.6) is 11.5 Å². The van der Waals surface area contributed by atoms with Crippen LogP contribution < -0.4 is 5.32 Å². The highest BCUT2D eigenvalue weighted by Gasteiger charge is 2.25. The lowest BCUT2D eigenvalue weighted by molar-refractivity contribution is 0.0642. The number of rotatable bonds is 4. The lowest BCUT2D eigenvalue weighted by Crippen LogP contribution is -2.46. The van der Waals surface area contributed by atoms with Crippen LogP contribution >= 0.6 is 0 Å². The van der Waals surface area contributed by atoms with Crippen molar-refractivity contribution in [1.82, 2.24) is 10.2 Å². The number of carbonyl (C=O) groups excluding carboxylic acids is 1. The van der Waals surface area contributed by atoms with E-state index in [2.05, 4.69) is 12.2 Å². The highest BCUT2D eigenvalue weighted by Crippen LogP contribution is 2.26. The van der Waals surface area contributed by atoms with Gasteiger partial charge in [0.15, 0.2) is 11.5 Å². The van der Waals surface area contributed by atoms with E-state index in [0.29, 0.717) is 12.1 Å². The van der Waals surface area contributed by atoms with E-state index in [0.717, 1.165) is 32.4 Å². The molecule has 0 saturated carbocycles. The first-order valence-corrected chi connectivity index (χ1v) is 7.17. The van der Waals surface area contributed by atoms with Crippen LogP contribution in [0, 0.1) is 0 Å². The minimum Gasteiger partial charge on any atom is -0.504 e. The van der Waals surface area contributed by atoms with E-state index >= 15 is 0 Å². The molecule has 1 aromatic rings. The van der Waals surface area contributed by atoms with Gasteiger partial charge in [-0.2, -0.15) is 0 Å². The predicted octanol–water partition coefficient (Wildman–Crippen LogP) is 1.70. The van der Waals surface area contributed by atoms with Crippen molar-refractivity contribution in [3.8, 4) is 11.5 Å². The fourth-order valence-corrected chi connectivity index (χ4v) is 2.63. The molecule has 1 aliphatic rings. The number of phenols is 2. The Balaban J connectivity index is 2.18. The Morgan fingerprint density at radius 3 is 2.60 bits per heavy atom. The summed E-state index contributed by atoms with van der Waals surface area (Å²) >= 11 is 0. The van der Waals surface area contributed by atoms with Gasteiger partial charge in [-0.1, -0.05) is 6.92 Å². The molecule has 5 heteroatoms. The topological polar surface area (TPSA) is 72.8 Å². The summed E-state index contributed by atoms with van der Waals surface area (Å²) in [6.45, 7) is 4.62. The standard InChI is InChI=1S/C15H22N2O3/c1-2-9-17(12-5-7-16-8-6-12)15(20)11-3-4-13(18)14(19)10-11/h3-4,10,12,16,18-19H,2,5-9H2,1H3. The normalized spacial score (nSPS) is 16.1. The van der Waals surface area contributed by atoms with Gasteiger partial charge >= 0.3 is 0 Å². The second-order valence-corrected chi connectivity index (χ2v) is 5.18. The van der Waals surface area contributed by atoms with E-state index < -0.39 is 0 Å². The second-order valence-electron chi connectivity index (χ2n) is 5.18. The third kappa shape index (κ3) is 3.22. The molecule has 0 aliphatic carbocycles. The van der Waals surface area contributed by atoms with Gasteiger partial charge < -0.3 is 20.4 Å². The molecule has 2 rings (SSSR count). The van der Waals surface area contributed by atoms with Gasteiger partial charge in [0.1, 0.15) is 0 Å². The molecule has 1 amide bonds. The summed E-state index contributed by atoms with van der Waals surface area (Å²) < 4.78 is 0. The third-order valence-corrected chi connectivity index (χ3v) is 3.70. The highest BCUT2D eigenvalue weighted by molar-refractivity contribution is 5.95. The molecule has 1 saturated heterocycles. The molecule has 1 aromatic carbocycles. The minimum absolute atomic E-state index is 0.0750.